The van der Waals surface area contributed by atoms with Gasteiger partial charge in [-0.2, -0.15) is 4.31 Å². The van der Waals surface area contributed by atoms with Gasteiger partial charge < -0.3 is 14.6 Å². The zero-order valence-electron chi connectivity index (χ0n) is 18.2. The van der Waals surface area contributed by atoms with Crippen LogP contribution in [-0.4, -0.2) is 50.1 Å². The summed E-state index contributed by atoms with van der Waals surface area (Å²) in [6, 6.07) is 16.5. The zero-order chi connectivity index (χ0) is 24.0. The number of sulfonamides is 1. The number of halogens is 1. The van der Waals surface area contributed by atoms with E-state index in [1.54, 1.807) is 12.1 Å². The smallest absolute Gasteiger partial charge is 0.255 e. The molecule has 0 aliphatic heterocycles. The van der Waals surface area contributed by atoms with Gasteiger partial charge in [0.05, 0.1) is 34.8 Å². The minimum Gasteiger partial charge on any atom is -0.467 e. The Balaban J connectivity index is 1.71. The number of benzene rings is 2. The van der Waals surface area contributed by atoms with E-state index in [2.05, 4.69) is 5.32 Å². The summed E-state index contributed by atoms with van der Waals surface area (Å²) in [6.45, 7) is 0.127. The Kier molecular flexibility index (Phi) is 7.91. The third-order valence-corrected chi connectivity index (χ3v) is 7.02. The monoisotopic (exact) mass is 489 g/mol. The Bertz CT molecular complexity index is 1210. The molecule has 0 saturated carbocycles. The number of nitrogens with one attached hydrogen (secondary N) is 1. The Morgan fingerprint density at radius 1 is 1.03 bits per heavy atom. The largest absolute Gasteiger partial charge is 0.467 e. The van der Waals surface area contributed by atoms with Crippen LogP contribution in [0.5, 0.6) is 0 Å². The molecule has 0 saturated heterocycles. The van der Waals surface area contributed by atoms with E-state index >= 15 is 0 Å². The van der Waals surface area contributed by atoms with E-state index < -0.39 is 21.8 Å². The first kappa shape index (κ1) is 24.5. The third-order valence-electron chi connectivity index (χ3n) is 4.89. The highest BCUT2D eigenvalue weighted by atomic mass is 35.5. The molecule has 0 atom stereocenters. The first-order chi connectivity index (χ1) is 15.7. The van der Waals surface area contributed by atoms with Crippen molar-refractivity contribution in [3.8, 4) is 0 Å². The van der Waals surface area contributed by atoms with Crippen LogP contribution in [0.1, 0.15) is 21.7 Å². The molecule has 1 N–H and O–H groups in total. The van der Waals surface area contributed by atoms with Gasteiger partial charge in [-0.15, -0.1) is 0 Å². The molecule has 0 radical (unpaired) electrons. The van der Waals surface area contributed by atoms with Crippen molar-refractivity contribution in [1.82, 2.24) is 14.5 Å². The summed E-state index contributed by atoms with van der Waals surface area (Å²) >= 11 is 6.19. The van der Waals surface area contributed by atoms with Crippen molar-refractivity contribution >= 4 is 33.4 Å². The van der Waals surface area contributed by atoms with E-state index in [1.165, 1.54) is 47.8 Å². The van der Waals surface area contributed by atoms with E-state index in [0.29, 0.717) is 5.76 Å². The Morgan fingerprint density at radius 3 is 2.42 bits per heavy atom. The van der Waals surface area contributed by atoms with Crippen LogP contribution in [0, 0.1) is 0 Å². The highest BCUT2D eigenvalue weighted by Crippen LogP contribution is 2.24. The number of furan rings is 1. The van der Waals surface area contributed by atoms with Crippen LogP contribution in [-0.2, 0) is 27.9 Å². The molecule has 0 unspecified atom stereocenters. The van der Waals surface area contributed by atoms with Crippen LogP contribution in [0.25, 0.3) is 0 Å². The van der Waals surface area contributed by atoms with Crippen molar-refractivity contribution in [2.24, 2.45) is 0 Å². The first-order valence-corrected chi connectivity index (χ1v) is 11.8. The van der Waals surface area contributed by atoms with Crippen molar-refractivity contribution in [2.75, 3.05) is 20.6 Å². The van der Waals surface area contributed by atoms with Gasteiger partial charge in [0.15, 0.2) is 0 Å². The molecule has 10 heteroatoms. The highest BCUT2D eigenvalue weighted by molar-refractivity contribution is 7.89. The van der Waals surface area contributed by atoms with E-state index in [4.69, 9.17) is 16.0 Å². The van der Waals surface area contributed by atoms with Gasteiger partial charge in [-0.05, 0) is 35.9 Å². The van der Waals surface area contributed by atoms with Gasteiger partial charge in [0.1, 0.15) is 5.76 Å². The van der Waals surface area contributed by atoms with Crippen LogP contribution in [0.3, 0.4) is 0 Å². The molecule has 0 aliphatic rings. The number of rotatable bonds is 9. The second-order valence-electron chi connectivity index (χ2n) is 7.41. The van der Waals surface area contributed by atoms with Crippen molar-refractivity contribution in [3.63, 3.8) is 0 Å². The van der Waals surface area contributed by atoms with Crippen LogP contribution in [0.4, 0.5) is 0 Å². The molecule has 2 aromatic carbocycles. The molecule has 2 amide bonds. The molecule has 174 valence electrons. The minimum atomic E-state index is -3.88. The average molecular weight is 490 g/mol. The normalized spacial score (nSPS) is 11.4. The number of hydrogen-bond donors (Lipinski definition) is 1. The number of amides is 2. The first-order valence-electron chi connectivity index (χ1n) is 10.0. The Morgan fingerprint density at radius 2 is 1.76 bits per heavy atom. The quantitative estimate of drug-likeness (QED) is 0.497. The predicted molar refractivity (Wildman–Crippen MR) is 124 cm³/mol. The molecule has 1 heterocycles. The lowest BCUT2D eigenvalue weighted by Crippen LogP contribution is -2.38. The maximum atomic E-state index is 13.1. The molecule has 0 aliphatic carbocycles. The van der Waals surface area contributed by atoms with E-state index in [9.17, 15) is 18.0 Å². The topological polar surface area (TPSA) is 99.9 Å². The zero-order valence-corrected chi connectivity index (χ0v) is 19.8. The lowest BCUT2D eigenvalue weighted by molar-refractivity contribution is -0.121. The van der Waals surface area contributed by atoms with Crippen LogP contribution < -0.4 is 5.32 Å². The maximum absolute atomic E-state index is 13.1. The molecule has 1 aromatic heterocycles. The number of hydrogen-bond acceptors (Lipinski definition) is 5. The Hall–Kier alpha value is -3.14. The molecule has 8 nitrogen and oxygen atoms in total. The van der Waals surface area contributed by atoms with Crippen molar-refractivity contribution < 1.29 is 22.4 Å². The van der Waals surface area contributed by atoms with Crippen molar-refractivity contribution in [1.29, 1.82) is 0 Å². The second kappa shape index (κ2) is 10.7. The summed E-state index contributed by atoms with van der Waals surface area (Å²) in [5.74, 6) is -0.390. The number of nitrogens with zero attached hydrogens (tertiary/aromatic N) is 2. The van der Waals surface area contributed by atoms with Gasteiger partial charge in [0.2, 0.25) is 15.9 Å². The van der Waals surface area contributed by atoms with Crippen molar-refractivity contribution in [2.45, 2.75) is 18.0 Å². The summed E-state index contributed by atoms with van der Waals surface area (Å²) in [6.07, 6.45) is 1.50. The van der Waals surface area contributed by atoms with Gasteiger partial charge >= 0.3 is 0 Å². The molecule has 0 spiro atoms. The minimum absolute atomic E-state index is 0.00723. The molecule has 0 fully saturated rings. The van der Waals surface area contributed by atoms with Gasteiger partial charge in [-0.25, -0.2) is 8.42 Å². The van der Waals surface area contributed by atoms with Gasteiger partial charge in [-0.3, -0.25) is 9.59 Å². The standard InChI is InChI=1S/C23H24ClN3O5S/c1-26(16-22(28)25-14-18-9-6-12-32-18)23(29)20-13-19(10-11-21(20)24)33(30,31)27(2)15-17-7-4-3-5-8-17/h3-13H,14-16H2,1-2H3,(H,25,28). The molecule has 3 rings (SSSR count). The Labute approximate surface area is 197 Å². The predicted octanol–water partition coefficient (Wildman–Crippen LogP) is 3.14. The summed E-state index contributed by atoms with van der Waals surface area (Å²) in [5, 5.41) is 2.74. The second-order valence-corrected chi connectivity index (χ2v) is 9.86. The number of carbonyl (C=O) groups is 2. The molecule has 33 heavy (non-hydrogen) atoms. The fourth-order valence-electron chi connectivity index (χ4n) is 3.08. The van der Waals surface area contributed by atoms with E-state index in [-0.39, 0.29) is 35.1 Å². The van der Waals surface area contributed by atoms with Crippen LogP contribution in [0.15, 0.2) is 76.2 Å². The third kappa shape index (κ3) is 6.22. The van der Waals surface area contributed by atoms with Gasteiger partial charge in [0, 0.05) is 20.6 Å². The lowest BCUT2D eigenvalue weighted by atomic mass is 10.2. The highest BCUT2D eigenvalue weighted by Gasteiger charge is 2.25. The SMILES string of the molecule is CN(CC(=O)NCc1ccco1)C(=O)c1cc(S(=O)(=O)N(C)Cc2ccccc2)ccc1Cl. The van der Waals surface area contributed by atoms with E-state index in [0.717, 1.165) is 5.56 Å². The fraction of sp³-hybridized carbons (Fsp3) is 0.217. The molecular formula is C23H24ClN3O5S. The van der Waals surface area contributed by atoms with E-state index in [1.807, 2.05) is 30.3 Å². The fourth-order valence-corrected chi connectivity index (χ4v) is 4.47. The average Bonchev–Trinajstić information content (AvgIpc) is 3.32. The maximum Gasteiger partial charge on any atom is 0.255 e. The summed E-state index contributed by atoms with van der Waals surface area (Å²) in [4.78, 5) is 26.2. The summed E-state index contributed by atoms with van der Waals surface area (Å²) < 4.78 is 32.5. The summed E-state index contributed by atoms with van der Waals surface area (Å²) in [7, 11) is -0.974. The molecule has 0 bridgehead atoms. The molecular weight excluding hydrogens is 466 g/mol. The number of likely N-dealkylation sites (N-methyl/N-ethyl adjacent to an activating group) is 1. The number of carbonyl (C=O) groups excluding carboxylic acids is 2. The van der Waals surface area contributed by atoms with Gasteiger partial charge in [-0.1, -0.05) is 41.9 Å². The van der Waals surface area contributed by atoms with Crippen LogP contribution in [0.2, 0.25) is 5.02 Å². The summed E-state index contributed by atoms with van der Waals surface area (Å²) in [5.41, 5.74) is 0.821. The van der Waals surface area contributed by atoms with Crippen LogP contribution >= 0.6 is 11.6 Å². The lowest BCUT2D eigenvalue weighted by Gasteiger charge is -2.20. The van der Waals surface area contributed by atoms with Crippen molar-refractivity contribution in [3.05, 3.63) is 88.8 Å². The van der Waals surface area contributed by atoms with Gasteiger partial charge in [0.25, 0.3) is 5.91 Å². The molecule has 3 aromatic rings.